The fourth-order valence-corrected chi connectivity index (χ4v) is 6.87. The van der Waals surface area contributed by atoms with E-state index in [9.17, 15) is 53.8 Å². The first-order valence-electron chi connectivity index (χ1n) is 20.9. The average Bonchev–Trinajstić information content (AvgIpc) is 3.37. The number of rotatable bonds is 16. The number of anilines is 3. The van der Waals surface area contributed by atoms with Crippen LogP contribution >= 0.6 is 0 Å². The summed E-state index contributed by atoms with van der Waals surface area (Å²) in [6, 6.07) is 36.1. The van der Waals surface area contributed by atoms with Crippen LogP contribution in [-0.4, -0.2) is 59.5 Å². The van der Waals surface area contributed by atoms with Gasteiger partial charge < -0.3 is 50.5 Å². The first kappa shape index (κ1) is 48.2. The van der Waals surface area contributed by atoms with E-state index in [1.54, 1.807) is 24.3 Å². The molecule has 7 aromatic rings. The standard InChI is InChI=1S/C52H39N5O13/c1-28-3-14-35(15-4-28)69-36-16-8-32(9-17-36)54-47(60)40-23-6-30(26-44(40)52(66)67)45(58)29-5-22-39(50(63)57-68)42(25-29)48(61)55-33-10-18-37(19-11-33)70-38-20-12-34(13-21-38)56-49(62)43-27-31(46(59)53-2)7-24-41(43)51(64)65/h3-27,68H,1-2H3,(H,53,59)(H,54,60)(H,55,61)(H,56,62)(H,57,63)(H,64,65)(H,66,67)/p-1. The molecule has 18 heteroatoms. The number of nitrogens with one attached hydrogen (secondary N) is 4. The van der Waals surface area contributed by atoms with E-state index in [0.29, 0.717) is 28.7 Å². The highest BCUT2D eigenvalue weighted by molar-refractivity contribution is 6.17. The number of amides is 5. The number of ether oxygens (including phenoxy) is 2. The molecule has 0 aromatic heterocycles. The van der Waals surface area contributed by atoms with Crippen LogP contribution in [0.5, 0.6) is 23.0 Å². The van der Waals surface area contributed by atoms with Gasteiger partial charge in [-0.25, -0.2) is 10.0 Å². The van der Waals surface area contributed by atoms with Crippen molar-refractivity contribution in [2.75, 3.05) is 23.0 Å². The largest absolute Gasteiger partial charge is 0.545 e. The van der Waals surface area contributed by atoms with Gasteiger partial charge in [0.1, 0.15) is 23.0 Å². The molecule has 0 spiro atoms. The zero-order valence-corrected chi connectivity index (χ0v) is 36.9. The van der Waals surface area contributed by atoms with Gasteiger partial charge in [-0.1, -0.05) is 35.9 Å². The molecule has 0 fully saturated rings. The molecule has 0 atom stereocenters. The fourth-order valence-electron chi connectivity index (χ4n) is 6.87. The Kier molecular flexibility index (Phi) is 14.6. The number of carbonyl (C=O) groups excluding carboxylic acids is 8. The molecule has 0 radical (unpaired) electrons. The fraction of sp³-hybridized carbons (Fsp3) is 0.0385. The van der Waals surface area contributed by atoms with Gasteiger partial charge in [-0.15, -0.1) is 5.48 Å². The van der Waals surface area contributed by atoms with E-state index in [2.05, 4.69) is 21.3 Å². The highest BCUT2D eigenvalue weighted by Crippen LogP contribution is 2.28. The highest BCUT2D eigenvalue weighted by Gasteiger charge is 2.24. The van der Waals surface area contributed by atoms with Gasteiger partial charge in [0.25, 0.3) is 23.6 Å². The molecule has 0 aliphatic heterocycles. The number of benzene rings is 7. The smallest absolute Gasteiger partial charge is 0.375 e. The summed E-state index contributed by atoms with van der Waals surface area (Å²) in [6.45, 7) is 1.95. The lowest BCUT2D eigenvalue weighted by molar-refractivity contribution is -0.809. The number of carbonyl (C=O) groups is 8. The summed E-state index contributed by atoms with van der Waals surface area (Å²) in [5, 5.41) is 43.7. The summed E-state index contributed by atoms with van der Waals surface area (Å²) in [5.41, 5.74) is -0.247. The van der Waals surface area contributed by atoms with E-state index in [1.807, 2.05) is 31.2 Å². The van der Waals surface area contributed by atoms with Crippen molar-refractivity contribution in [2.24, 2.45) is 0 Å². The minimum Gasteiger partial charge on any atom is -0.545 e. The van der Waals surface area contributed by atoms with Gasteiger partial charge in [0.05, 0.1) is 23.1 Å². The summed E-state index contributed by atoms with van der Waals surface area (Å²) in [4.78, 5) is 102. The summed E-state index contributed by atoms with van der Waals surface area (Å²) in [6.07, 6.45) is 0. The minimum atomic E-state index is -1.74. The Balaban J connectivity index is 1.01. The van der Waals surface area contributed by atoms with Gasteiger partial charge in [-0.2, -0.15) is 0 Å². The summed E-state index contributed by atoms with van der Waals surface area (Å²) < 4.78 is 11.7. The zero-order valence-electron chi connectivity index (χ0n) is 36.9. The van der Waals surface area contributed by atoms with Crippen molar-refractivity contribution < 1.29 is 68.7 Å². The Morgan fingerprint density at radius 1 is 0.429 bits per heavy atom. The number of nitrogens with two attached hydrogens (primary N) is 1. The number of hydrogen-bond acceptors (Lipinski definition) is 13. The maximum Gasteiger partial charge on any atom is 0.375 e. The van der Waals surface area contributed by atoms with Crippen molar-refractivity contribution in [3.05, 3.63) is 207 Å². The lowest BCUT2D eigenvalue weighted by atomic mass is 9.94. The normalized spacial score (nSPS) is 10.6. The molecule has 0 heterocycles. The quantitative estimate of drug-likeness (QED) is 0.0434. The topological polar surface area (TPSA) is 286 Å². The number of hydroxylamine groups is 1. The van der Waals surface area contributed by atoms with Crippen LogP contribution in [0.3, 0.4) is 0 Å². The molecule has 70 heavy (non-hydrogen) atoms. The Hall–Kier alpha value is -9.78. The lowest BCUT2D eigenvalue weighted by Gasteiger charge is -2.14. The van der Waals surface area contributed by atoms with Crippen molar-refractivity contribution in [3.63, 3.8) is 0 Å². The van der Waals surface area contributed by atoms with Gasteiger partial charge in [-0.3, -0.25) is 24.0 Å². The van der Waals surface area contributed by atoms with Gasteiger partial charge in [0.15, 0.2) is 5.78 Å². The van der Waals surface area contributed by atoms with E-state index < -0.39 is 58.4 Å². The van der Waals surface area contributed by atoms with Crippen LogP contribution in [0.15, 0.2) is 152 Å². The molecule has 7 aromatic carbocycles. The molecule has 5 amide bonds. The maximum atomic E-state index is 13.8. The molecule has 18 nitrogen and oxygen atoms in total. The number of carboxylic acid groups (broad SMARTS) is 2. The molecular weight excluding hydrogens is 903 g/mol. The molecule has 0 saturated carbocycles. The van der Waals surface area contributed by atoms with Crippen molar-refractivity contribution in [2.45, 2.75) is 6.92 Å². The molecule has 0 aliphatic carbocycles. The first-order chi connectivity index (χ1) is 33.6. The average molecular weight is 941 g/mol. The second-order valence-electron chi connectivity index (χ2n) is 15.2. The van der Waals surface area contributed by atoms with Crippen molar-refractivity contribution in [3.8, 4) is 23.0 Å². The number of aromatic carboxylic acids is 2. The first-order valence-corrected chi connectivity index (χ1v) is 20.9. The van der Waals surface area contributed by atoms with E-state index in [4.69, 9.17) is 9.47 Å². The predicted molar refractivity (Wildman–Crippen MR) is 247 cm³/mol. The molecular formula is C52H38N5O13-. The third-order valence-electron chi connectivity index (χ3n) is 10.5. The van der Waals surface area contributed by atoms with Crippen molar-refractivity contribution >= 4 is 64.3 Å². The number of hydrogen-bond donors (Lipinski definition) is 6. The van der Waals surface area contributed by atoms with Crippen molar-refractivity contribution in [1.82, 2.24) is 5.32 Å². The highest BCUT2D eigenvalue weighted by atomic mass is 16.5. The Bertz CT molecular complexity index is 3210. The van der Waals surface area contributed by atoms with Crippen LogP contribution in [0, 0.1) is 6.92 Å². The second-order valence-corrected chi connectivity index (χ2v) is 15.2. The summed E-state index contributed by atoms with van der Waals surface area (Å²) in [7, 11) is 1.39. The summed E-state index contributed by atoms with van der Waals surface area (Å²) >= 11 is 0. The second kappa shape index (κ2) is 21.2. The molecule has 0 aliphatic rings. The molecule has 0 bridgehead atoms. The SMILES string of the molecule is CNC(=O)c1ccc(C(=O)[O-])c(C(=O)Nc2ccc(Oc3ccc(NC(=O)c4cc(C(=O)c5ccc(C(=O)Nc6ccc(Oc7ccc(C)cc7)cc6)c(C(=O)[O-])c5)ccc4C(=O)[NH2+]O)cc3)cc2)c1. The predicted octanol–water partition coefficient (Wildman–Crippen LogP) is 4.75. The third-order valence-corrected chi connectivity index (χ3v) is 10.5. The Labute approximate surface area is 397 Å². The van der Waals surface area contributed by atoms with Gasteiger partial charge in [0.2, 0.25) is 0 Å². The van der Waals surface area contributed by atoms with Crippen LogP contribution < -0.4 is 46.4 Å². The zero-order chi connectivity index (χ0) is 50.1. The minimum absolute atomic E-state index is 0.0688. The molecule has 0 saturated heterocycles. The van der Waals surface area contributed by atoms with Gasteiger partial charge >= 0.3 is 5.91 Å². The van der Waals surface area contributed by atoms with E-state index >= 15 is 0 Å². The van der Waals surface area contributed by atoms with Crippen LogP contribution in [0.25, 0.3) is 0 Å². The lowest BCUT2D eigenvalue weighted by Crippen LogP contribution is -2.84. The number of primary amides is 1. The van der Waals surface area contributed by atoms with Crippen LogP contribution in [0.2, 0.25) is 0 Å². The van der Waals surface area contributed by atoms with Crippen molar-refractivity contribution in [1.29, 1.82) is 0 Å². The molecule has 7 rings (SSSR count). The van der Waals surface area contributed by atoms with Gasteiger partial charge in [-0.05, 0) is 128 Å². The van der Waals surface area contributed by atoms with Gasteiger partial charge in [0, 0.05) is 63.1 Å². The Morgan fingerprint density at radius 2 is 0.786 bits per heavy atom. The molecule has 350 valence electrons. The van der Waals surface area contributed by atoms with E-state index in [0.717, 1.165) is 42.0 Å². The Morgan fingerprint density at radius 3 is 1.21 bits per heavy atom. The molecule has 0 unspecified atom stereocenters. The van der Waals surface area contributed by atoms with E-state index in [-0.39, 0.29) is 55.8 Å². The number of quaternary nitrogens is 1. The monoisotopic (exact) mass is 940 g/mol. The number of ketones is 1. The maximum absolute atomic E-state index is 13.8. The number of aryl methyl sites for hydroxylation is 1. The van der Waals surface area contributed by atoms with Crippen LogP contribution in [0.1, 0.15) is 94.0 Å². The number of carboxylic acids is 2. The van der Waals surface area contributed by atoms with Crippen LogP contribution in [-0.2, 0) is 0 Å². The van der Waals surface area contributed by atoms with E-state index in [1.165, 1.54) is 73.8 Å². The molecule has 7 N–H and O–H groups in total. The third kappa shape index (κ3) is 11.4. The summed E-state index contributed by atoms with van der Waals surface area (Å²) in [5.74, 6) is -6.28. The van der Waals surface area contributed by atoms with Crippen LogP contribution in [0.4, 0.5) is 17.1 Å².